The van der Waals surface area contributed by atoms with Gasteiger partial charge in [0, 0.05) is 17.6 Å². The third-order valence-electron chi connectivity index (χ3n) is 4.53. The summed E-state index contributed by atoms with van der Waals surface area (Å²) in [5.74, 6) is 0. The first-order chi connectivity index (χ1) is 8.75. The Morgan fingerprint density at radius 2 is 2.06 bits per heavy atom. The molecule has 18 heavy (non-hydrogen) atoms. The first kappa shape index (κ1) is 12.3. The van der Waals surface area contributed by atoms with Crippen molar-refractivity contribution >= 4 is 27.3 Å². The van der Waals surface area contributed by atoms with Crippen LogP contribution in [-0.4, -0.2) is 18.6 Å². The van der Waals surface area contributed by atoms with Gasteiger partial charge in [0.05, 0.1) is 16.9 Å². The molecule has 1 aliphatic heterocycles. The molecule has 1 heterocycles. The topological polar surface area (TPSA) is 15.3 Å². The molecule has 0 radical (unpaired) electrons. The van der Waals surface area contributed by atoms with E-state index in [2.05, 4.69) is 51.3 Å². The lowest BCUT2D eigenvalue weighted by Crippen LogP contribution is -2.57. The Morgan fingerprint density at radius 3 is 2.78 bits per heavy atom. The molecule has 98 valence electrons. The van der Waals surface area contributed by atoms with Crippen LogP contribution in [0.3, 0.4) is 0 Å². The van der Waals surface area contributed by atoms with E-state index in [0.29, 0.717) is 5.54 Å². The smallest absolute Gasteiger partial charge is 0.0618 e. The third kappa shape index (κ3) is 1.93. The van der Waals surface area contributed by atoms with Crippen LogP contribution in [0.15, 0.2) is 22.7 Å². The molecule has 1 spiro atoms. The van der Waals surface area contributed by atoms with Crippen molar-refractivity contribution in [2.45, 2.75) is 44.6 Å². The van der Waals surface area contributed by atoms with E-state index in [4.69, 9.17) is 0 Å². The van der Waals surface area contributed by atoms with Gasteiger partial charge in [0.25, 0.3) is 0 Å². The summed E-state index contributed by atoms with van der Waals surface area (Å²) in [6, 6.07) is 6.58. The lowest BCUT2D eigenvalue weighted by atomic mass is 9.78. The lowest BCUT2D eigenvalue weighted by Gasteiger charge is -2.51. The Morgan fingerprint density at radius 1 is 1.28 bits per heavy atom. The molecule has 0 bridgehead atoms. The van der Waals surface area contributed by atoms with Gasteiger partial charge in [-0.15, -0.1) is 0 Å². The number of benzene rings is 1. The molecule has 1 aromatic carbocycles. The monoisotopic (exact) mass is 308 g/mol. The Labute approximate surface area is 118 Å². The summed E-state index contributed by atoms with van der Waals surface area (Å²) in [5.41, 5.74) is 3.03. The summed E-state index contributed by atoms with van der Waals surface area (Å²) in [6.45, 7) is 4.49. The van der Waals surface area contributed by atoms with E-state index in [-0.39, 0.29) is 0 Å². The summed E-state index contributed by atoms with van der Waals surface area (Å²) >= 11 is 3.61. The fourth-order valence-electron chi connectivity index (χ4n) is 3.65. The van der Waals surface area contributed by atoms with Crippen LogP contribution in [0.5, 0.6) is 0 Å². The first-order valence-electron chi connectivity index (χ1n) is 7.06. The van der Waals surface area contributed by atoms with E-state index in [9.17, 15) is 0 Å². The highest BCUT2D eigenvalue weighted by atomic mass is 79.9. The summed E-state index contributed by atoms with van der Waals surface area (Å²) in [4.78, 5) is 2.64. The van der Waals surface area contributed by atoms with Crippen LogP contribution in [0, 0.1) is 0 Å². The molecular weight excluding hydrogens is 288 g/mol. The van der Waals surface area contributed by atoms with Crippen molar-refractivity contribution in [1.82, 2.24) is 0 Å². The van der Waals surface area contributed by atoms with E-state index in [1.54, 1.807) is 0 Å². The Bertz CT molecular complexity index is 438. The summed E-state index contributed by atoms with van der Waals surface area (Å²) in [7, 11) is 0. The second-order valence-electron chi connectivity index (χ2n) is 5.54. The number of fused-ring (bicyclic) bond motifs is 1. The zero-order valence-corrected chi connectivity index (χ0v) is 12.6. The molecule has 1 aromatic rings. The standard InChI is InChI=1S/C15H21BrN2/c1-2-18-14-10-12(16)6-7-13(14)17-11-15(18)8-4-3-5-9-15/h6-7,10,17H,2-5,8-9,11H2,1H3. The summed E-state index contributed by atoms with van der Waals surface area (Å²) < 4.78 is 1.18. The van der Waals surface area contributed by atoms with E-state index < -0.39 is 0 Å². The third-order valence-corrected chi connectivity index (χ3v) is 5.02. The van der Waals surface area contributed by atoms with Crippen LogP contribution in [-0.2, 0) is 0 Å². The van der Waals surface area contributed by atoms with Gasteiger partial charge in [-0.05, 0) is 38.0 Å². The van der Waals surface area contributed by atoms with E-state index in [0.717, 1.165) is 13.1 Å². The van der Waals surface area contributed by atoms with Crippen molar-refractivity contribution in [2.24, 2.45) is 0 Å². The van der Waals surface area contributed by atoms with Gasteiger partial charge in [-0.25, -0.2) is 0 Å². The number of halogens is 1. The molecule has 1 fully saturated rings. The molecular formula is C15H21BrN2. The van der Waals surface area contributed by atoms with Crippen molar-refractivity contribution in [3.05, 3.63) is 22.7 Å². The molecule has 1 N–H and O–H groups in total. The van der Waals surface area contributed by atoms with Gasteiger partial charge in [0.2, 0.25) is 0 Å². The molecule has 2 nitrogen and oxygen atoms in total. The minimum absolute atomic E-state index is 0.362. The second-order valence-corrected chi connectivity index (χ2v) is 6.46. The van der Waals surface area contributed by atoms with Crippen molar-refractivity contribution in [3.63, 3.8) is 0 Å². The Balaban J connectivity index is 2.01. The molecule has 0 aromatic heterocycles. The number of hydrogen-bond acceptors (Lipinski definition) is 2. The van der Waals surface area contributed by atoms with Gasteiger partial charge in [-0.1, -0.05) is 35.2 Å². The highest BCUT2D eigenvalue weighted by Crippen LogP contribution is 2.43. The van der Waals surface area contributed by atoms with Gasteiger partial charge in [-0.2, -0.15) is 0 Å². The number of hydrogen-bond donors (Lipinski definition) is 1. The molecule has 3 rings (SSSR count). The minimum atomic E-state index is 0.362. The number of likely N-dealkylation sites (N-methyl/N-ethyl adjacent to an activating group) is 1. The SMILES string of the molecule is CCN1c2cc(Br)ccc2NCC12CCCCC2. The zero-order chi connectivity index (χ0) is 12.6. The normalized spacial score (nSPS) is 21.6. The predicted molar refractivity (Wildman–Crippen MR) is 81.5 cm³/mol. The maximum atomic E-state index is 3.65. The maximum absolute atomic E-state index is 3.65. The van der Waals surface area contributed by atoms with Crippen LogP contribution in [0.4, 0.5) is 11.4 Å². The van der Waals surface area contributed by atoms with Crippen LogP contribution >= 0.6 is 15.9 Å². The fraction of sp³-hybridized carbons (Fsp3) is 0.600. The number of anilines is 2. The van der Waals surface area contributed by atoms with Crippen LogP contribution in [0.25, 0.3) is 0 Å². The minimum Gasteiger partial charge on any atom is -0.381 e. The Kier molecular flexibility index (Phi) is 3.27. The van der Waals surface area contributed by atoms with E-state index in [1.807, 2.05) is 0 Å². The van der Waals surface area contributed by atoms with Gasteiger partial charge in [0.15, 0.2) is 0 Å². The average molecular weight is 309 g/mol. The highest BCUT2D eigenvalue weighted by Gasteiger charge is 2.40. The van der Waals surface area contributed by atoms with Crippen molar-refractivity contribution < 1.29 is 0 Å². The molecule has 3 heteroatoms. The fourth-order valence-corrected chi connectivity index (χ4v) is 4.00. The molecule has 0 unspecified atom stereocenters. The average Bonchev–Trinajstić information content (AvgIpc) is 2.39. The summed E-state index contributed by atoms with van der Waals surface area (Å²) in [6.07, 6.45) is 6.83. The number of rotatable bonds is 1. The maximum Gasteiger partial charge on any atom is 0.0618 e. The van der Waals surface area contributed by atoms with Crippen molar-refractivity contribution in [1.29, 1.82) is 0 Å². The zero-order valence-electron chi connectivity index (χ0n) is 11.0. The predicted octanol–water partition coefficient (Wildman–Crippen LogP) is 4.40. The van der Waals surface area contributed by atoms with Gasteiger partial charge in [-0.3, -0.25) is 0 Å². The van der Waals surface area contributed by atoms with E-state index >= 15 is 0 Å². The van der Waals surface area contributed by atoms with Crippen LogP contribution in [0.2, 0.25) is 0 Å². The van der Waals surface area contributed by atoms with E-state index in [1.165, 1.54) is 48.0 Å². The quantitative estimate of drug-likeness (QED) is 0.827. The molecule has 0 amide bonds. The van der Waals surface area contributed by atoms with Crippen molar-refractivity contribution in [2.75, 3.05) is 23.3 Å². The number of nitrogens with one attached hydrogen (secondary N) is 1. The Hall–Kier alpha value is -0.700. The van der Waals surface area contributed by atoms with Gasteiger partial charge < -0.3 is 10.2 Å². The summed E-state index contributed by atoms with van der Waals surface area (Å²) in [5, 5.41) is 3.65. The van der Waals surface area contributed by atoms with Crippen LogP contribution in [0.1, 0.15) is 39.0 Å². The largest absolute Gasteiger partial charge is 0.381 e. The number of nitrogens with zero attached hydrogens (tertiary/aromatic N) is 1. The lowest BCUT2D eigenvalue weighted by molar-refractivity contribution is 0.285. The van der Waals surface area contributed by atoms with Gasteiger partial charge in [0.1, 0.15) is 0 Å². The second kappa shape index (κ2) is 4.76. The van der Waals surface area contributed by atoms with Gasteiger partial charge >= 0.3 is 0 Å². The molecule has 2 aliphatic rings. The highest BCUT2D eigenvalue weighted by molar-refractivity contribution is 9.10. The van der Waals surface area contributed by atoms with Crippen LogP contribution < -0.4 is 10.2 Å². The molecule has 1 aliphatic carbocycles. The van der Waals surface area contributed by atoms with Crippen molar-refractivity contribution in [3.8, 4) is 0 Å². The molecule has 0 saturated heterocycles. The first-order valence-corrected chi connectivity index (χ1v) is 7.85. The molecule has 1 saturated carbocycles. The molecule has 0 atom stereocenters.